The van der Waals surface area contributed by atoms with Crippen molar-refractivity contribution in [2.24, 2.45) is 0 Å². The van der Waals surface area contributed by atoms with Crippen molar-refractivity contribution in [3.8, 4) is 78.8 Å². The molecule has 0 bridgehead atoms. The summed E-state index contributed by atoms with van der Waals surface area (Å²) in [5, 5.41) is 1.99. The summed E-state index contributed by atoms with van der Waals surface area (Å²) in [4.78, 5) is 9.86. The van der Waals surface area contributed by atoms with Gasteiger partial charge in [-0.2, -0.15) is 18.2 Å². The van der Waals surface area contributed by atoms with Crippen molar-refractivity contribution in [2.45, 2.75) is 150 Å². The number of para-hydroxylation sites is 2. The molecule has 7 heteroatoms. The quantitative estimate of drug-likeness (QED) is 0.0854. The maximum absolute atomic E-state index is 8.98. The van der Waals surface area contributed by atoms with Gasteiger partial charge in [-0.05, 0) is 176 Å². The Morgan fingerprint density at radius 1 is 0.442 bits per heavy atom. The van der Waals surface area contributed by atoms with Gasteiger partial charge in [0, 0.05) is 38.5 Å². The zero-order chi connectivity index (χ0) is 74.8. The van der Waals surface area contributed by atoms with E-state index in [0.29, 0.717) is 47.0 Å². The van der Waals surface area contributed by atoms with Crippen LogP contribution in [0.2, 0.25) is 0 Å². The second-order valence-corrected chi connectivity index (χ2v) is 30.1. The van der Waals surface area contributed by atoms with Crippen molar-refractivity contribution >= 4 is 32.8 Å². The molecule has 0 atom stereocenters. The minimum absolute atomic E-state index is 0. The second-order valence-electron chi connectivity index (χ2n) is 30.1. The molecule has 0 spiro atoms. The van der Waals surface area contributed by atoms with Gasteiger partial charge >= 0.3 is 0 Å². The first kappa shape index (κ1) is 54.3. The largest absolute Gasteiger partial charge is 0.522 e. The number of hydrogen-bond donors (Lipinski definition) is 0. The topological polar surface area (TPSA) is 48.8 Å². The van der Waals surface area contributed by atoms with Gasteiger partial charge in [-0.25, -0.2) is 4.98 Å². The maximum atomic E-state index is 8.98. The molecule has 13 rings (SSSR count). The van der Waals surface area contributed by atoms with Gasteiger partial charge in [0.1, 0.15) is 5.82 Å². The molecule has 0 saturated carbocycles. The zero-order valence-corrected chi connectivity index (χ0v) is 59.4. The minimum Gasteiger partial charge on any atom is -0.522 e. The van der Waals surface area contributed by atoms with E-state index in [1.54, 1.807) is 30.5 Å². The van der Waals surface area contributed by atoms with Gasteiger partial charge in [-0.15, -0.1) is 17.5 Å². The van der Waals surface area contributed by atoms with E-state index >= 15 is 0 Å². The SMILES string of the molecule is [2H]c1c([2H])c([2H])c(-c2cccc(-c3c([2H])c([2H])c([2H])c([2H])c3[2H])c2CCC[n+]2[c-]n(-c3[c-]c(Oc4[c-]c5c(cc4)c4cc(-c6cc(-c7cc(C(C)(C)C)cc(C(C)(C)C)c7)cc(-c7cc(C(C)(C)C)cc(C(C)(C)C)c7)c6)ccc4n5-c4cc(C(C)(C)C)ccn4)ccn3)c3ccccc32)c([2H])c1[2H].[Pt]. The molecule has 482 valence electrons. The van der Waals surface area contributed by atoms with Crippen molar-refractivity contribution in [1.82, 2.24) is 19.1 Å². The smallest absolute Gasteiger partial charge is 0.244 e. The first-order valence-electron chi connectivity index (χ1n) is 37.6. The summed E-state index contributed by atoms with van der Waals surface area (Å²) in [6.07, 6.45) is 7.64. The molecular formula is C88H87N5OPt-2. The molecule has 4 aromatic heterocycles. The Hall–Kier alpha value is -8.96. The molecular weight excluding hydrogens is 1340 g/mol. The van der Waals surface area contributed by atoms with Gasteiger partial charge in [-0.3, -0.25) is 0 Å². The standard InChI is InChI=1S/C88H87N5O.Pt/c1-84(2,3)66-39-41-90-83(54-66)93-78-38-35-60(61-44-62(64-47-67(85(4,5)6)52-68(48-64)86(7,8)9)46-63(45-61)65-49-69(87(10,11)12)53-70(50-65)88(13,14)15)51-77(78)76-37-36-71(55-81(76)93)94-72-40-42-89-82(56-72)92-57-91(79-33-22-23-34-80(79)92)43-25-32-75-73(58-26-18-16-19-27-58)30-24-31-74(75)59-28-20-17-21-29-59;/h16-24,26-31,33-42,44-54H,25,32,43H2,1-15H3;/q-2;/i16D,17D,18D,19D,20D,21D,26D,27D,28D,29D;. The number of pyridine rings is 2. The fraction of sp³-hybridized carbons (Fsp3) is 0.261. The van der Waals surface area contributed by atoms with Crippen molar-refractivity contribution in [3.05, 3.63) is 270 Å². The monoisotopic (exact) mass is 1430 g/mol. The fourth-order valence-electron chi connectivity index (χ4n) is 12.5. The minimum atomic E-state index is -0.543. The maximum Gasteiger partial charge on any atom is 0.244 e. The van der Waals surface area contributed by atoms with E-state index in [1.165, 1.54) is 33.4 Å². The van der Waals surface area contributed by atoms with E-state index in [9.17, 15) is 0 Å². The van der Waals surface area contributed by atoms with Gasteiger partial charge < -0.3 is 23.4 Å². The van der Waals surface area contributed by atoms with Crippen LogP contribution in [-0.4, -0.2) is 19.1 Å². The molecule has 9 aromatic carbocycles. The first-order valence-corrected chi connectivity index (χ1v) is 32.6. The molecule has 6 nitrogen and oxygen atoms in total. The number of imidazole rings is 1. The Morgan fingerprint density at radius 3 is 1.52 bits per heavy atom. The number of benzene rings is 9. The van der Waals surface area contributed by atoms with Crippen LogP contribution in [0.5, 0.6) is 11.5 Å². The Labute approximate surface area is 592 Å². The van der Waals surface area contributed by atoms with Crippen molar-refractivity contribution in [1.29, 1.82) is 0 Å². The predicted octanol–water partition coefficient (Wildman–Crippen LogP) is 22.5. The first-order chi connectivity index (χ1) is 48.8. The van der Waals surface area contributed by atoms with Gasteiger partial charge in [-0.1, -0.05) is 267 Å². The summed E-state index contributed by atoms with van der Waals surface area (Å²) < 4.78 is 99.6. The Bertz CT molecular complexity index is 5320. The third-order valence-electron chi connectivity index (χ3n) is 18.0. The van der Waals surface area contributed by atoms with E-state index in [2.05, 4.69) is 218 Å². The number of nitrogens with zero attached hydrogens (tertiary/aromatic N) is 5. The number of aromatic nitrogens is 5. The summed E-state index contributed by atoms with van der Waals surface area (Å²) in [5.41, 5.74) is 16.9. The van der Waals surface area contributed by atoms with Gasteiger partial charge in [0.25, 0.3) is 0 Å². The molecule has 0 N–H and O–H groups in total. The van der Waals surface area contributed by atoms with E-state index in [0.717, 1.165) is 66.5 Å². The number of rotatable bonds is 13. The Kier molecular flexibility index (Phi) is 14.7. The van der Waals surface area contributed by atoms with Crippen LogP contribution in [0.4, 0.5) is 0 Å². The van der Waals surface area contributed by atoms with Crippen molar-refractivity contribution in [3.63, 3.8) is 0 Å². The molecule has 0 aliphatic rings. The molecule has 0 aliphatic carbocycles. The molecule has 4 heterocycles. The molecule has 0 saturated heterocycles. The summed E-state index contributed by atoms with van der Waals surface area (Å²) in [5.74, 6) is 1.98. The van der Waals surface area contributed by atoms with Gasteiger partial charge in [0.05, 0.1) is 37.1 Å². The summed E-state index contributed by atoms with van der Waals surface area (Å²) in [7, 11) is 0. The molecule has 0 amide bonds. The predicted molar refractivity (Wildman–Crippen MR) is 392 cm³/mol. The fourth-order valence-corrected chi connectivity index (χ4v) is 12.5. The van der Waals surface area contributed by atoms with E-state index < -0.39 is 60.4 Å². The van der Waals surface area contributed by atoms with Crippen LogP contribution in [0.1, 0.15) is 157 Å². The number of aryl methyl sites for hydroxylation is 1. The van der Waals surface area contributed by atoms with Crippen LogP contribution >= 0.6 is 0 Å². The third kappa shape index (κ3) is 13.8. The summed E-state index contributed by atoms with van der Waals surface area (Å²) >= 11 is 0. The van der Waals surface area contributed by atoms with Crippen LogP contribution in [0.25, 0.3) is 100 Å². The van der Waals surface area contributed by atoms with Gasteiger partial charge in [0.2, 0.25) is 6.33 Å². The van der Waals surface area contributed by atoms with E-state index in [1.807, 2.05) is 45.7 Å². The van der Waals surface area contributed by atoms with Crippen LogP contribution in [0, 0.1) is 18.5 Å². The van der Waals surface area contributed by atoms with Crippen LogP contribution < -0.4 is 9.30 Å². The molecule has 0 aliphatic heterocycles. The Morgan fingerprint density at radius 2 is 0.958 bits per heavy atom. The second kappa shape index (κ2) is 25.6. The molecule has 0 radical (unpaired) electrons. The average molecular weight is 1440 g/mol. The van der Waals surface area contributed by atoms with Gasteiger partial charge in [0.15, 0.2) is 0 Å². The average Bonchev–Trinajstić information content (AvgIpc) is 1.65. The summed E-state index contributed by atoms with van der Waals surface area (Å²) in [6, 6.07) is 53.3. The number of hydrogen-bond acceptors (Lipinski definition) is 3. The number of fused-ring (bicyclic) bond motifs is 4. The van der Waals surface area contributed by atoms with E-state index in [4.69, 9.17) is 28.4 Å². The third-order valence-corrected chi connectivity index (χ3v) is 18.0. The van der Waals surface area contributed by atoms with Crippen molar-refractivity contribution < 1.29 is 44.1 Å². The van der Waals surface area contributed by atoms with Crippen molar-refractivity contribution in [2.75, 3.05) is 0 Å². The zero-order valence-electron chi connectivity index (χ0n) is 67.1. The van der Waals surface area contributed by atoms with Crippen LogP contribution in [0.15, 0.2) is 218 Å². The number of ether oxygens (including phenoxy) is 1. The van der Waals surface area contributed by atoms with E-state index in [-0.39, 0.29) is 65.7 Å². The molecule has 95 heavy (non-hydrogen) atoms. The Balaban J connectivity index is 0.0000104. The summed E-state index contributed by atoms with van der Waals surface area (Å²) in [6.45, 7) is 34.5. The van der Waals surface area contributed by atoms with Crippen LogP contribution in [0.3, 0.4) is 0 Å². The molecule has 13 aromatic rings. The molecule has 0 fully saturated rings. The molecule has 0 unspecified atom stereocenters. The van der Waals surface area contributed by atoms with Crippen LogP contribution in [-0.2, 0) is 61.1 Å². The normalized spacial score (nSPS) is 13.9.